The number of anilines is 1. The fraction of sp³-hybridized carbons (Fsp3) is 0.167. The second-order valence-electron chi connectivity index (χ2n) is 8.36. The summed E-state index contributed by atoms with van der Waals surface area (Å²) < 4.78 is 0. The van der Waals surface area contributed by atoms with Crippen LogP contribution in [0.25, 0.3) is 11.1 Å². The fourth-order valence-corrected chi connectivity index (χ4v) is 3.93. The van der Waals surface area contributed by atoms with Crippen LogP contribution in [0.1, 0.15) is 23.1 Å². The number of rotatable bonds is 10. The van der Waals surface area contributed by atoms with E-state index >= 15 is 0 Å². The van der Waals surface area contributed by atoms with Crippen molar-refractivity contribution >= 4 is 23.2 Å². The second kappa shape index (κ2) is 12.2. The van der Waals surface area contributed by atoms with Gasteiger partial charge in [-0.3, -0.25) is 4.79 Å². The summed E-state index contributed by atoms with van der Waals surface area (Å²) in [6, 6.07) is 34.6. The first-order chi connectivity index (χ1) is 16.7. The summed E-state index contributed by atoms with van der Waals surface area (Å²) >= 11 is 5.96. The zero-order valence-electron chi connectivity index (χ0n) is 19.1. The molecule has 0 spiro atoms. The molecule has 4 aromatic carbocycles. The van der Waals surface area contributed by atoms with Crippen molar-refractivity contribution in [3.05, 3.63) is 125 Å². The summed E-state index contributed by atoms with van der Waals surface area (Å²) in [4.78, 5) is 12.4. The molecule has 0 fully saturated rings. The first-order valence-corrected chi connectivity index (χ1v) is 12.0. The third-order valence-electron chi connectivity index (χ3n) is 5.77. The molecular formula is C30H29ClN2O. The topological polar surface area (TPSA) is 41.1 Å². The van der Waals surface area contributed by atoms with E-state index < -0.39 is 0 Å². The Labute approximate surface area is 206 Å². The summed E-state index contributed by atoms with van der Waals surface area (Å²) in [5.41, 5.74) is 6.76. The lowest BCUT2D eigenvalue weighted by Gasteiger charge is -2.08. The van der Waals surface area contributed by atoms with Gasteiger partial charge < -0.3 is 10.6 Å². The van der Waals surface area contributed by atoms with E-state index in [2.05, 4.69) is 59.2 Å². The first kappa shape index (κ1) is 23.7. The minimum Gasteiger partial charge on any atom is -0.326 e. The molecular weight excluding hydrogens is 440 g/mol. The SMILES string of the molecule is O=C(CCc1ccc(CNCCc2ccccc2)cc1)Nc1ccc(-c2ccc(Cl)cc2)cc1. The molecule has 0 bridgehead atoms. The monoisotopic (exact) mass is 468 g/mol. The van der Waals surface area contributed by atoms with Gasteiger partial charge in [0, 0.05) is 23.7 Å². The van der Waals surface area contributed by atoms with Gasteiger partial charge in [-0.15, -0.1) is 0 Å². The Morgan fingerprint density at radius 1 is 0.647 bits per heavy atom. The predicted octanol–water partition coefficient (Wildman–Crippen LogP) is 6.91. The standard InChI is InChI=1S/C30H29ClN2O/c31-28-15-11-26(12-16-28)27-13-17-29(18-14-27)33-30(34)19-10-24-6-8-25(9-7-24)22-32-21-20-23-4-2-1-3-5-23/h1-9,11-18,32H,10,19-22H2,(H,33,34). The number of benzene rings is 4. The highest BCUT2D eigenvalue weighted by atomic mass is 35.5. The highest BCUT2D eigenvalue weighted by Crippen LogP contribution is 2.23. The van der Waals surface area contributed by atoms with Gasteiger partial charge in [0.1, 0.15) is 0 Å². The Morgan fingerprint density at radius 2 is 1.24 bits per heavy atom. The van der Waals surface area contributed by atoms with Crippen LogP contribution in [-0.2, 0) is 24.2 Å². The van der Waals surface area contributed by atoms with Gasteiger partial charge in [0.25, 0.3) is 0 Å². The molecule has 0 saturated carbocycles. The molecule has 0 radical (unpaired) electrons. The number of hydrogen-bond acceptors (Lipinski definition) is 2. The lowest BCUT2D eigenvalue weighted by Crippen LogP contribution is -2.16. The van der Waals surface area contributed by atoms with E-state index in [4.69, 9.17) is 11.6 Å². The summed E-state index contributed by atoms with van der Waals surface area (Å²) in [7, 11) is 0. The van der Waals surface area contributed by atoms with Crippen LogP contribution in [-0.4, -0.2) is 12.5 Å². The van der Waals surface area contributed by atoms with Gasteiger partial charge in [0.15, 0.2) is 0 Å². The largest absolute Gasteiger partial charge is 0.326 e. The minimum absolute atomic E-state index is 0.0194. The maximum Gasteiger partial charge on any atom is 0.224 e. The lowest BCUT2D eigenvalue weighted by molar-refractivity contribution is -0.116. The molecule has 3 nitrogen and oxygen atoms in total. The van der Waals surface area contributed by atoms with Crippen LogP contribution in [0.4, 0.5) is 5.69 Å². The third-order valence-corrected chi connectivity index (χ3v) is 6.02. The molecule has 4 rings (SSSR count). The van der Waals surface area contributed by atoms with Gasteiger partial charge in [-0.25, -0.2) is 0 Å². The summed E-state index contributed by atoms with van der Waals surface area (Å²) in [6.45, 7) is 1.80. The van der Waals surface area contributed by atoms with E-state index in [1.807, 2.05) is 54.6 Å². The number of amides is 1. The number of halogens is 1. The van der Waals surface area contributed by atoms with Crippen molar-refractivity contribution in [1.29, 1.82) is 0 Å². The molecule has 0 atom stereocenters. The molecule has 4 heteroatoms. The Bertz CT molecular complexity index is 1170. The molecule has 0 aromatic heterocycles. The van der Waals surface area contributed by atoms with Gasteiger partial charge in [0.2, 0.25) is 5.91 Å². The highest BCUT2D eigenvalue weighted by molar-refractivity contribution is 6.30. The molecule has 0 saturated heterocycles. The average molecular weight is 469 g/mol. The van der Waals surface area contributed by atoms with E-state index in [1.165, 1.54) is 16.7 Å². The molecule has 2 N–H and O–H groups in total. The summed E-state index contributed by atoms with van der Waals surface area (Å²) in [5.74, 6) is 0.0194. The molecule has 0 unspecified atom stereocenters. The fourth-order valence-electron chi connectivity index (χ4n) is 3.80. The number of aryl methyl sites for hydroxylation is 1. The molecule has 0 aliphatic heterocycles. The summed E-state index contributed by atoms with van der Waals surface area (Å²) in [6.07, 6.45) is 2.20. The Kier molecular flexibility index (Phi) is 8.50. The van der Waals surface area contributed by atoms with Crippen molar-refractivity contribution in [3.8, 4) is 11.1 Å². The van der Waals surface area contributed by atoms with Crippen molar-refractivity contribution in [3.63, 3.8) is 0 Å². The minimum atomic E-state index is 0.0194. The number of carbonyl (C=O) groups excluding carboxylic acids is 1. The quantitative estimate of drug-likeness (QED) is 0.248. The van der Waals surface area contributed by atoms with Crippen molar-refractivity contribution in [2.24, 2.45) is 0 Å². The van der Waals surface area contributed by atoms with Crippen molar-refractivity contribution < 1.29 is 4.79 Å². The molecule has 0 aliphatic carbocycles. The van der Waals surface area contributed by atoms with Crippen LogP contribution in [0.5, 0.6) is 0 Å². The van der Waals surface area contributed by atoms with Crippen molar-refractivity contribution in [2.45, 2.75) is 25.8 Å². The maximum atomic E-state index is 12.4. The Hall–Kier alpha value is -3.40. The Balaban J connectivity index is 1.18. The Morgan fingerprint density at radius 3 is 1.91 bits per heavy atom. The van der Waals surface area contributed by atoms with Gasteiger partial charge in [0.05, 0.1) is 0 Å². The van der Waals surface area contributed by atoms with Crippen LogP contribution >= 0.6 is 11.6 Å². The van der Waals surface area contributed by atoms with Gasteiger partial charge in [-0.05, 0) is 71.5 Å². The van der Waals surface area contributed by atoms with Crippen LogP contribution in [0.3, 0.4) is 0 Å². The molecule has 0 aliphatic rings. The number of carbonyl (C=O) groups is 1. The zero-order valence-corrected chi connectivity index (χ0v) is 19.9. The number of nitrogens with one attached hydrogen (secondary N) is 2. The predicted molar refractivity (Wildman–Crippen MR) is 142 cm³/mol. The van der Waals surface area contributed by atoms with E-state index in [9.17, 15) is 4.79 Å². The van der Waals surface area contributed by atoms with E-state index in [0.717, 1.165) is 47.8 Å². The van der Waals surface area contributed by atoms with Crippen LogP contribution in [0.2, 0.25) is 5.02 Å². The molecule has 0 heterocycles. The third kappa shape index (κ3) is 7.31. The second-order valence-corrected chi connectivity index (χ2v) is 8.80. The van der Waals surface area contributed by atoms with Gasteiger partial charge in [-0.1, -0.05) is 90.5 Å². The first-order valence-electron chi connectivity index (χ1n) is 11.6. The molecule has 172 valence electrons. The average Bonchev–Trinajstić information content (AvgIpc) is 2.88. The lowest BCUT2D eigenvalue weighted by atomic mass is 10.1. The van der Waals surface area contributed by atoms with Gasteiger partial charge >= 0.3 is 0 Å². The van der Waals surface area contributed by atoms with E-state index in [0.29, 0.717) is 6.42 Å². The molecule has 34 heavy (non-hydrogen) atoms. The zero-order chi connectivity index (χ0) is 23.6. The molecule has 1 amide bonds. The van der Waals surface area contributed by atoms with Crippen LogP contribution in [0.15, 0.2) is 103 Å². The van der Waals surface area contributed by atoms with E-state index in [1.54, 1.807) is 0 Å². The normalized spacial score (nSPS) is 10.7. The highest BCUT2D eigenvalue weighted by Gasteiger charge is 2.05. The van der Waals surface area contributed by atoms with Crippen molar-refractivity contribution in [2.75, 3.05) is 11.9 Å². The van der Waals surface area contributed by atoms with Crippen molar-refractivity contribution in [1.82, 2.24) is 5.32 Å². The molecule has 4 aromatic rings. The smallest absolute Gasteiger partial charge is 0.224 e. The van der Waals surface area contributed by atoms with Crippen LogP contribution < -0.4 is 10.6 Å². The van der Waals surface area contributed by atoms with Crippen LogP contribution in [0, 0.1) is 0 Å². The number of hydrogen-bond donors (Lipinski definition) is 2. The maximum absolute atomic E-state index is 12.4. The summed E-state index contributed by atoms with van der Waals surface area (Å²) in [5, 5.41) is 7.20. The van der Waals surface area contributed by atoms with E-state index in [-0.39, 0.29) is 5.91 Å². The van der Waals surface area contributed by atoms with Gasteiger partial charge in [-0.2, -0.15) is 0 Å².